The predicted molar refractivity (Wildman–Crippen MR) is 60.0 cm³/mol. The lowest BCUT2D eigenvalue weighted by atomic mass is 10.1. The van der Waals surface area contributed by atoms with Crippen molar-refractivity contribution in [3.63, 3.8) is 0 Å². The first-order chi connectivity index (χ1) is 7.34. The van der Waals surface area contributed by atoms with Gasteiger partial charge in [0.1, 0.15) is 5.75 Å². The van der Waals surface area contributed by atoms with Gasteiger partial charge in [-0.15, -0.1) is 0 Å². The van der Waals surface area contributed by atoms with Crippen molar-refractivity contribution in [2.24, 2.45) is 0 Å². The Kier molecular flexibility index (Phi) is 1.68. The lowest BCUT2D eigenvalue weighted by molar-refractivity contribution is 0.469. The molecule has 2 nitrogen and oxygen atoms in total. The smallest absolute Gasteiger partial charge is 0.123 e. The molecule has 1 N–H and O–H groups in total. The first-order valence-electron chi connectivity index (χ1n) is 5.01. The van der Waals surface area contributed by atoms with E-state index < -0.39 is 0 Å². The van der Waals surface area contributed by atoms with Crippen LogP contribution in [0, 0.1) is 0 Å². The molecule has 0 aromatic heterocycles. The summed E-state index contributed by atoms with van der Waals surface area (Å²) in [6.07, 6.45) is 11.3. The standard InChI is InChI=1S/C13H11NO/c15-13-6-3-4-10-9-14-7-2-1-5-11(14)8-12(10)13/h2-9,15H,1H2. The maximum atomic E-state index is 9.73. The molecule has 0 bridgehead atoms. The van der Waals surface area contributed by atoms with Crippen LogP contribution in [0.4, 0.5) is 0 Å². The van der Waals surface area contributed by atoms with Crippen LogP contribution in [0.15, 0.2) is 42.2 Å². The molecule has 74 valence electrons. The molecule has 2 aliphatic heterocycles. The molecule has 1 aromatic rings. The van der Waals surface area contributed by atoms with Crippen molar-refractivity contribution in [2.75, 3.05) is 0 Å². The number of allylic oxidation sites excluding steroid dienone is 3. The third-order valence-corrected chi connectivity index (χ3v) is 2.71. The predicted octanol–water partition coefficient (Wildman–Crippen LogP) is 1.03. The van der Waals surface area contributed by atoms with Gasteiger partial charge in [-0.2, -0.15) is 0 Å². The molecule has 2 aliphatic rings. The van der Waals surface area contributed by atoms with Crippen molar-refractivity contribution < 1.29 is 5.11 Å². The van der Waals surface area contributed by atoms with E-state index in [9.17, 15) is 5.11 Å². The summed E-state index contributed by atoms with van der Waals surface area (Å²) < 4.78 is 0. The van der Waals surface area contributed by atoms with Gasteiger partial charge in [-0.3, -0.25) is 0 Å². The van der Waals surface area contributed by atoms with Gasteiger partial charge in [0.25, 0.3) is 0 Å². The Labute approximate surface area is 87.8 Å². The summed E-state index contributed by atoms with van der Waals surface area (Å²) in [7, 11) is 0. The van der Waals surface area contributed by atoms with Crippen molar-refractivity contribution in [1.82, 2.24) is 4.90 Å². The fourth-order valence-corrected chi connectivity index (χ4v) is 1.94. The maximum absolute atomic E-state index is 9.73. The van der Waals surface area contributed by atoms with Gasteiger partial charge < -0.3 is 10.0 Å². The van der Waals surface area contributed by atoms with Gasteiger partial charge in [-0.05, 0) is 18.6 Å². The minimum Gasteiger partial charge on any atom is -0.507 e. The number of hydrogen-bond donors (Lipinski definition) is 1. The second-order valence-electron chi connectivity index (χ2n) is 3.71. The first kappa shape index (κ1) is 8.36. The molecule has 3 rings (SSSR count). The van der Waals surface area contributed by atoms with Gasteiger partial charge in [-0.1, -0.05) is 24.3 Å². The summed E-state index contributed by atoms with van der Waals surface area (Å²) in [5.74, 6) is 0.346. The van der Waals surface area contributed by atoms with Crippen molar-refractivity contribution in [3.8, 4) is 5.75 Å². The van der Waals surface area contributed by atoms with E-state index in [1.165, 1.54) is 0 Å². The largest absolute Gasteiger partial charge is 0.507 e. The van der Waals surface area contributed by atoms with Crippen LogP contribution in [0.1, 0.15) is 6.42 Å². The van der Waals surface area contributed by atoms with Crippen LogP contribution in [0.5, 0.6) is 5.75 Å². The van der Waals surface area contributed by atoms with Gasteiger partial charge in [0.2, 0.25) is 0 Å². The molecule has 0 spiro atoms. The number of phenolic OH excluding ortho intramolecular Hbond substituents is 1. The number of hydrogen-bond acceptors (Lipinski definition) is 2. The van der Waals surface area contributed by atoms with Gasteiger partial charge >= 0.3 is 0 Å². The van der Waals surface area contributed by atoms with Gasteiger partial charge in [0.05, 0.1) is 0 Å². The molecule has 0 fully saturated rings. The molecule has 0 saturated heterocycles. The van der Waals surface area contributed by atoms with E-state index in [1.807, 2.05) is 24.4 Å². The molecule has 0 saturated carbocycles. The highest BCUT2D eigenvalue weighted by atomic mass is 16.3. The molecule has 2 heteroatoms. The number of benzene rings is 1. The number of fused-ring (bicyclic) bond motifs is 2. The fourth-order valence-electron chi connectivity index (χ4n) is 1.94. The molecular formula is C13H11NO. The van der Waals surface area contributed by atoms with Crippen LogP contribution in [0.3, 0.4) is 0 Å². The summed E-state index contributed by atoms with van der Waals surface area (Å²) in [5, 5.41) is 11.7. The topological polar surface area (TPSA) is 23.5 Å². The van der Waals surface area contributed by atoms with Crippen LogP contribution in [0.2, 0.25) is 0 Å². The average Bonchev–Trinajstić information content (AvgIpc) is 2.27. The summed E-state index contributed by atoms with van der Waals surface area (Å²) in [6, 6.07) is 5.59. The van der Waals surface area contributed by atoms with E-state index in [-0.39, 0.29) is 0 Å². The zero-order valence-electron chi connectivity index (χ0n) is 8.22. The van der Waals surface area contributed by atoms with Crippen molar-refractivity contribution >= 4 is 12.3 Å². The van der Waals surface area contributed by atoms with Crippen molar-refractivity contribution in [3.05, 3.63) is 52.7 Å². The minimum absolute atomic E-state index is 0.346. The zero-order chi connectivity index (χ0) is 10.3. The van der Waals surface area contributed by atoms with Crippen LogP contribution in [-0.4, -0.2) is 10.0 Å². The summed E-state index contributed by atoms with van der Waals surface area (Å²) >= 11 is 0. The molecule has 0 atom stereocenters. The number of phenols is 1. The summed E-state index contributed by atoms with van der Waals surface area (Å²) in [6.45, 7) is 0. The molecule has 15 heavy (non-hydrogen) atoms. The number of nitrogens with zero attached hydrogens (tertiary/aromatic N) is 1. The highest BCUT2D eigenvalue weighted by Crippen LogP contribution is 2.16. The Bertz CT molecular complexity index is 581. The Morgan fingerprint density at radius 2 is 2.20 bits per heavy atom. The average molecular weight is 197 g/mol. The Hall–Kier alpha value is -1.96. The highest BCUT2D eigenvalue weighted by molar-refractivity contribution is 5.58. The van der Waals surface area contributed by atoms with E-state index in [2.05, 4.69) is 23.3 Å². The lowest BCUT2D eigenvalue weighted by Gasteiger charge is -2.22. The van der Waals surface area contributed by atoms with E-state index >= 15 is 0 Å². The van der Waals surface area contributed by atoms with Gasteiger partial charge in [0.15, 0.2) is 0 Å². The van der Waals surface area contributed by atoms with E-state index in [0.717, 1.165) is 22.6 Å². The van der Waals surface area contributed by atoms with Crippen LogP contribution >= 0.6 is 0 Å². The maximum Gasteiger partial charge on any atom is 0.123 e. The van der Waals surface area contributed by atoms with E-state index in [0.29, 0.717) is 5.75 Å². The first-order valence-corrected chi connectivity index (χ1v) is 5.01. The molecule has 0 unspecified atom stereocenters. The molecule has 0 aliphatic carbocycles. The number of rotatable bonds is 0. The Balaban J connectivity index is 2.34. The molecule has 0 radical (unpaired) electrons. The quantitative estimate of drug-likeness (QED) is 0.671. The normalized spacial score (nSPS) is 17.1. The van der Waals surface area contributed by atoms with Gasteiger partial charge in [0, 0.05) is 28.5 Å². The summed E-state index contributed by atoms with van der Waals surface area (Å²) in [5.41, 5.74) is 1.13. The van der Waals surface area contributed by atoms with E-state index in [4.69, 9.17) is 0 Å². The molecule has 2 heterocycles. The third kappa shape index (κ3) is 1.26. The van der Waals surface area contributed by atoms with Crippen LogP contribution in [0.25, 0.3) is 12.3 Å². The second-order valence-corrected chi connectivity index (χ2v) is 3.71. The second kappa shape index (κ2) is 3.02. The zero-order valence-corrected chi connectivity index (χ0v) is 8.22. The molecule has 1 aromatic carbocycles. The molecular weight excluding hydrogens is 186 g/mol. The van der Waals surface area contributed by atoms with E-state index in [1.54, 1.807) is 6.07 Å². The number of aromatic hydroxyl groups is 1. The SMILES string of the molecule is Oc1cccc2c1=CC1=CCC=CN1C=2. The summed E-state index contributed by atoms with van der Waals surface area (Å²) in [4.78, 5) is 2.07. The highest BCUT2D eigenvalue weighted by Gasteiger charge is 2.09. The Morgan fingerprint density at radius 1 is 1.27 bits per heavy atom. The monoisotopic (exact) mass is 197 g/mol. The molecule has 0 amide bonds. The third-order valence-electron chi connectivity index (χ3n) is 2.71. The van der Waals surface area contributed by atoms with Crippen molar-refractivity contribution in [2.45, 2.75) is 6.42 Å². The van der Waals surface area contributed by atoms with Crippen LogP contribution in [-0.2, 0) is 0 Å². The van der Waals surface area contributed by atoms with Crippen LogP contribution < -0.4 is 10.4 Å². The van der Waals surface area contributed by atoms with Gasteiger partial charge in [-0.25, -0.2) is 0 Å². The van der Waals surface area contributed by atoms with Crippen molar-refractivity contribution in [1.29, 1.82) is 0 Å². The lowest BCUT2D eigenvalue weighted by Crippen LogP contribution is -2.32. The Morgan fingerprint density at radius 3 is 3.13 bits per heavy atom. The minimum atomic E-state index is 0.346. The fraction of sp³-hybridized carbons (Fsp3) is 0.0769.